The van der Waals surface area contributed by atoms with Gasteiger partial charge >= 0.3 is 0 Å². The maximum absolute atomic E-state index is 13.3. The van der Waals surface area contributed by atoms with Crippen LogP contribution in [0.4, 0.5) is 4.39 Å². The Balaban J connectivity index is 1.79. The van der Waals surface area contributed by atoms with E-state index in [0.717, 1.165) is 34.6 Å². The molecule has 0 saturated carbocycles. The first-order chi connectivity index (χ1) is 13.6. The molecule has 1 aliphatic rings. The summed E-state index contributed by atoms with van der Waals surface area (Å²) >= 11 is 0. The molecule has 2 heterocycles. The molecule has 0 spiro atoms. The Labute approximate surface area is 163 Å². The largest absolute Gasteiger partial charge is 0.493 e. The van der Waals surface area contributed by atoms with Crippen molar-refractivity contribution >= 4 is 5.71 Å². The number of benzene rings is 2. The first-order valence-corrected chi connectivity index (χ1v) is 8.96. The fourth-order valence-corrected chi connectivity index (χ4v) is 3.50. The van der Waals surface area contributed by atoms with E-state index >= 15 is 0 Å². The monoisotopic (exact) mass is 380 g/mol. The molecule has 2 aromatic carbocycles. The van der Waals surface area contributed by atoms with E-state index in [2.05, 4.69) is 16.8 Å². The zero-order valence-electron chi connectivity index (χ0n) is 16.0. The summed E-state index contributed by atoms with van der Waals surface area (Å²) in [6.07, 6.45) is 2.08. The third-order valence-corrected chi connectivity index (χ3v) is 4.87. The Morgan fingerprint density at radius 1 is 0.857 bits per heavy atom. The van der Waals surface area contributed by atoms with Crippen LogP contribution < -0.4 is 14.2 Å². The fourth-order valence-electron chi connectivity index (χ4n) is 3.50. The molecule has 0 saturated heterocycles. The normalized spacial score (nSPS) is 12.9. The van der Waals surface area contributed by atoms with Crippen molar-refractivity contribution in [2.75, 3.05) is 27.9 Å². The zero-order chi connectivity index (χ0) is 19.7. The van der Waals surface area contributed by atoms with Gasteiger partial charge in [-0.2, -0.15) is 0 Å². The molecule has 0 radical (unpaired) electrons. The molecular weight excluding hydrogens is 359 g/mol. The van der Waals surface area contributed by atoms with Crippen LogP contribution in [0.25, 0.3) is 11.1 Å². The van der Waals surface area contributed by atoms with Gasteiger partial charge in [0, 0.05) is 23.9 Å². The Morgan fingerprint density at radius 2 is 1.54 bits per heavy atom. The van der Waals surface area contributed by atoms with Gasteiger partial charge in [0.2, 0.25) is 5.75 Å². The maximum atomic E-state index is 13.3. The van der Waals surface area contributed by atoms with E-state index in [0.29, 0.717) is 23.8 Å². The van der Waals surface area contributed by atoms with Crippen LogP contribution in [0.3, 0.4) is 0 Å². The minimum absolute atomic E-state index is 0.243. The van der Waals surface area contributed by atoms with Crippen LogP contribution >= 0.6 is 0 Å². The highest BCUT2D eigenvalue weighted by Gasteiger charge is 2.22. The topological polar surface area (TPSA) is 45.0 Å². The first-order valence-electron chi connectivity index (χ1n) is 8.96. The van der Waals surface area contributed by atoms with Gasteiger partial charge in [0.25, 0.3) is 0 Å². The summed E-state index contributed by atoms with van der Waals surface area (Å²) in [6, 6.07) is 12.4. The number of ether oxygens (including phenoxy) is 3. The van der Waals surface area contributed by atoms with Gasteiger partial charge in [-0.05, 0) is 35.9 Å². The van der Waals surface area contributed by atoms with Crippen LogP contribution in [0.2, 0.25) is 0 Å². The van der Waals surface area contributed by atoms with E-state index in [1.165, 1.54) is 12.1 Å². The van der Waals surface area contributed by atoms with Gasteiger partial charge in [-0.3, -0.25) is 4.99 Å². The lowest BCUT2D eigenvalue weighted by Gasteiger charge is -2.19. The summed E-state index contributed by atoms with van der Waals surface area (Å²) in [5, 5.41) is 0. The van der Waals surface area contributed by atoms with Crippen molar-refractivity contribution < 1.29 is 18.6 Å². The number of aliphatic imine (C=N–C) groups is 1. The third kappa shape index (κ3) is 3.11. The second-order valence-electron chi connectivity index (χ2n) is 6.46. The van der Waals surface area contributed by atoms with Gasteiger partial charge in [0.15, 0.2) is 11.5 Å². The minimum Gasteiger partial charge on any atom is -0.493 e. The third-order valence-electron chi connectivity index (χ3n) is 4.87. The number of nitrogens with zero attached hydrogens (tertiary/aromatic N) is 2. The van der Waals surface area contributed by atoms with Gasteiger partial charge in [-0.25, -0.2) is 4.39 Å². The molecule has 0 unspecified atom stereocenters. The predicted octanol–water partition coefficient (Wildman–Crippen LogP) is 4.17. The van der Waals surface area contributed by atoms with Gasteiger partial charge in [0.05, 0.1) is 39.3 Å². The number of hydrogen-bond acceptors (Lipinski definition) is 4. The fraction of sp³-hybridized carbons (Fsp3) is 0.227. The highest BCUT2D eigenvalue weighted by molar-refractivity contribution is 6.13. The van der Waals surface area contributed by atoms with Crippen LogP contribution in [-0.2, 0) is 6.54 Å². The summed E-state index contributed by atoms with van der Waals surface area (Å²) in [5.74, 6) is 1.48. The lowest BCUT2D eigenvalue weighted by Crippen LogP contribution is -2.18. The molecule has 1 aromatic heterocycles. The van der Waals surface area contributed by atoms with E-state index in [-0.39, 0.29) is 5.82 Å². The van der Waals surface area contributed by atoms with Gasteiger partial charge < -0.3 is 18.8 Å². The average molecular weight is 380 g/mol. The molecule has 5 nitrogen and oxygen atoms in total. The molecule has 0 N–H and O–H groups in total. The van der Waals surface area contributed by atoms with Crippen molar-refractivity contribution in [2.45, 2.75) is 6.54 Å². The zero-order valence-corrected chi connectivity index (χ0v) is 16.0. The number of methoxy groups -OCH3 is 3. The number of rotatable bonds is 5. The first kappa shape index (κ1) is 18.1. The van der Waals surface area contributed by atoms with E-state index in [1.54, 1.807) is 33.5 Å². The van der Waals surface area contributed by atoms with Crippen molar-refractivity contribution in [3.05, 3.63) is 65.7 Å². The lowest BCUT2D eigenvalue weighted by molar-refractivity contribution is 0.324. The number of fused-ring (bicyclic) bond motifs is 1. The molecule has 144 valence electrons. The summed E-state index contributed by atoms with van der Waals surface area (Å²) in [6.45, 7) is 1.47. The molecule has 6 heteroatoms. The Kier molecular flexibility index (Phi) is 4.77. The molecule has 28 heavy (non-hydrogen) atoms. The van der Waals surface area contributed by atoms with Crippen LogP contribution in [0.5, 0.6) is 17.2 Å². The van der Waals surface area contributed by atoms with Gasteiger partial charge in [0.1, 0.15) is 5.82 Å². The second-order valence-corrected chi connectivity index (χ2v) is 6.46. The minimum atomic E-state index is -0.243. The highest BCUT2D eigenvalue weighted by atomic mass is 19.1. The standard InChI is InChI=1S/C22H21FN2O3/c1-26-19-11-15(12-20(27-2)22(19)28-3)21-18-10-16(13-25(18)9-8-24-21)14-4-6-17(23)7-5-14/h4-7,10-13H,8-9H2,1-3H3. The van der Waals surface area contributed by atoms with E-state index in [1.807, 2.05) is 12.1 Å². The molecule has 0 bridgehead atoms. The quantitative estimate of drug-likeness (QED) is 0.667. The molecule has 4 rings (SSSR count). The Bertz CT molecular complexity index is 1010. The molecule has 3 aromatic rings. The SMILES string of the molecule is COc1cc(C2=NCCn3cc(-c4ccc(F)cc4)cc32)cc(OC)c1OC. The van der Waals surface area contributed by atoms with Crippen LogP contribution in [0, 0.1) is 5.82 Å². The smallest absolute Gasteiger partial charge is 0.203 e. The predicted molar refractivity (Wildman–Crippen MR) is 106 cm³/mol. The highest BCUT2D eigenvalue weighted by Crippen LogP contribution is 2.39. The second kappa shape index (κ2) is 7.38. The Morgan fingerprint density at radius 3 is 2.14 bits per heavy atom. The maximum Gasteiger partial charge on any atom is 0.203 e. The number of hydrogen-bond donors (Lipinski definition) is 0. The summed E-state index contributed by atoms with van der Waals surface area (Å²) in [5.41, 5.74) is 4.74. The molecular formula is C22H21FN2O3. The molecule has 0 aliphatic carbocycles. The number of aromatic nitrogens is 1. The molecule has 0 fully saturated rings. The molecule has 0 amide bonds. The van der Waals surface area contributed by atoms with Crippen LogP contribution in [-0.4, -0.2) is 38.2 Å². The van der Waals surface area contributed by atoms with Crippen LogP contribution in [0.15, 0.2) is 53.7 Å². The van der Waals surface area contributed by atoms with E-state index < -0.39 is 0 Å². The summed E-state index contributed by atoms with van der Waals surface area (Å²) in [4.78, 5) is 4.75. The summed E-state index contributed by atoms with van der Waals surface area (Å²) in [7, 11) is 4.77. The van der Waals surface area contributed by atoms with Gasteiger partial charge in [-0.1, -0.05) is 12.1 Å². The average Bonchev–Trinajstić information content (AvgIpc) is 3.17. The van der Waals surface area contributed by atoms with Crippen molar-refractivity contribution in [3.63, 3.8) is 0 Å². The Hall–Kier alpha value is -3.28. The van der Waals surface area contributed by atoms with Crippen molar-refractivity contribution in [3.8, 4) is 28.4 Å². The van der Waals surface area contributed by atoms with Gasteiger partial charge in [-0.15, -0.1) is 0 Å². The summed E-state index contributed by atoms with van der Waals surface area (Å²) < 4.78 is 31.8. The number of halogens is 1. The molecule has 1 aliphatic heterocycles. The van der Waals surface area contributed by atoms with Crippen LogP contribution in [0.1, 0.15) is 11.3 Å². The van der Waals surface area contributed by atoms with E-state index in [9.17, 15) is 4.39 Å². The van der Waals surface area contributed by atoms with Crippen molar-refractivity contribution in [1.82, 2.24) is 4.57 Å². The molecule has 0 atom stereocenters. The van der Waals surface area contributed by atoms with Crippen molar-refractivity contribution in [2.24, 2.45) is 4.99 Å². The lowest BCUT2D eigenvalue weighted by atomic mass is 10.0. The van der Waals surface area contributed by atoms with Crippen molar-refractivity contribution in [1.29, 1.82) is 0 Å². The van der Waals surface area contributed by atoms with E-state index in [4.69, 9.17) is 19.2 Å².